The molecule has 1 fully saturated rings. The van der Waals surface area contributed by atoms with E-state index in [0.717, 1.165) is 10.8 Å². The van der Waals surface area contributed by atoms with E-state index in [2.05, 4.69) is 26.6 Å². The lowest BCUT2D eigenvalue weighted by atomic mass is 10.00. The van der Waals surface area contributed by atoms with E-state index >= 15 is 0 Å². The first-order valence-electron chi connectivity index (χ1n) is 24.4. The first-order valence-corrected chi connectivity index (χ1v) is 24.4. The second kappa shape index (κ2) is 31.1. The maximum Gasteiger partial charge on any atom is 0.326 e. The van der Waals surface area contributed by atoms with Crippen molar-refractivity contribution in [1.29, 1.82) is 0 Å². The van der Waals surface area contributed by atoms with Crippen LogP contribution in [-0.2, 0) is 56.0 Å². The number of nitrogens with zero attached hydrogens (tertiary/aromatic N) is 4. The molecule has 0 bridgehead atoms. The summed E-state index contributed by atoms with van der Waals surface area (Å²) in [7, 11) is 0. The van der Waals surface area contributed by atoms with Crippen LogP contribution in [0.5, 0.6) is 0 Å². The molecule has 1 aliphatic rings. The highest BCUT2D eigenvalue weighted by molar-refractivity contribution is 5.93. The fraction of sp³-hybridized carbons (Fsp3) is 0.480. The van der Waals surface area contributed by atoms with Gasteiger partial charge in [-0.05, 0) is 47.6 Å². The molecule has 408 valence electrons. The predicted octanol–water partition coefficient (Wildman–Crippen LogP) is -0.573. The molecular formula is C50H67N9O16. The zero-order valence-corrected chi connectivity index (χ0v) is 41.4. The lowest BCUT2D eigenvalue weighted by molar-refractivity contribution is -0.141. The maximum absolute atomic E-state index is 14.5. The normalized spacial score (nSPS) is 15.8. The monoisotopic (exact) mass is 1050 g/mol. The summed E-state index contributed by atoms with van der Waals surface area (Å²) in [6.07, 6.45) is -0.735. The van der Waals surface area contributed by atoms with E-state index in [1.54, 1.807) is 49.9 Å². The summed E-state index contributed by atoms with van der Waals surface area (Å²) in [4.78, 5) is 131. The molecule has 75 heavy (non-hydrogen) atoms. The molecule has 4 rings (SSSR count). The van der Waals surface area contributed by atoms with Crippen LogP contribution in [0, 0.1) is 0 Å². The second-order valence-corrected chi connectivity index (χ2v) is 18.2. The van der Waals surface area contributed by atoms with Crippen molar-refractivity contribution in [1.82, 2.24) is 46.2 Å². The number of carboxylic acids is 6. The summed E-state index contributed by atoms with van der Waals surface area (Å²) in [6.45, 7) is -0.0171. The number of rotatable bonds is 28. The minimum atomic E-state index is -1.58. The summed E-state index contributed by atoms with van der Waals surface area (Å²) in [6, 6.07) is 15.3. The van der Waals surface area contributed by atoms with Gasteiger partial charge in [-0.1, -0.05) is 72.8 Å². The number of nitrogens with one attached hydrogen (secondary N) is 5. The van der Waals surface area contributed by atoms with E-state index in [1.165, 1.54) is 0 Å². The summed E-state index contributed by atoms with van der Waals surface area (Å²) < 4.78 is 0. The summed E-state index contributed by atoms with van der Waals surface area (Å²) in [5.74, 6) is -9.42. The van der Waals surface area contributed by atoms with Gasteiger partial charge in [0.2, 0.25) is 17.7 Å². The Bertz CT molecular complexity index is 2410. The zero-order valence-electron chi connectivity index (χ0n) is 41.4. The number of unbranched alkanes of at least 4 members (excludes halogenated alkanes) is 1. The molecule has 0 spiro atoms. The molecule has 5 amide bonds. The van der Waals surface area contributed by atoms with Crippen molar-refractivity contribution in [3.8, 4) is 0 Å². The summed E-state index contributed by atoms with van der Waals surface area (Å²) in [5.41, 5.74) is 1.37. The van der Waals surface area contributed by atoms with Crippen LogP contribution in [0.1, 0.15) is 43.2 Å². The van der Waals surface area contributed by atoms with Crippen LogP contribution in [-0.4, -0.2) is 219 Å². The van der Waals surface area contributed by atoms with Gasteiger partial charge < -0.3 is 57.2 Å². The summed E-state index contributed by atoms with van der Waals surface area (Å²) in [5, 5.41) is 71.3. The van der Waals surface area contributed by atoms with Crippen LogP contribution in [0.15, 0.2) is 72.8 Å². The van der Waals surface area contributed by atoms with Crippen molar-refractivity contribution in [3.05, 3.63) is 83.9 Å². The van der Waals surface area contributed by atoms with Gasteiger partial charge >= 0.3 is 41.8 Å². The van der Waals surface area contributed by atoms with Gasteiger partial charge in [-0.25, -0.2) is 14.4 Å². The largest absolute Gasteiger partial charge is 0.481 e. The minimum Gasteiger partial charge on any atom is -0.481 e. The van der Waals surface area contributed by atoms with Crippen LogP contribution in [0.3, 0.4) is 0 Å². The average Bonchev–Trinajstić information content (AvgIpc) is 3.34. The van der Waals surface area contributed by atoms with Crippen LogP contribution < -0.4 is 26.6 Å². The third-order valence-electron chi connectivity index (χ3n) is 12.3. The quantitative estimate of drug-likeness (QED) is 0.0406. The number of carboxylic acid groups (broad SMARTS) is 6. The Morgan fingerprint density at radius 2 is 0.907 bits per heavy atom. The highest BCUT2D eigenvalue weighted by Crippen LogP contribution is 2.17. The zero-order chi connectivity index (χ0) is 54.9. The van der Waals surface area contributed by atoms with Gasteiger partial charge in [-0.3, -0.25) is 53.2 Å². The number of benzene rings is 3. The Kier molecular flexibility index (Phi) is 24.8. The minimum absolute atomic E-state index is 0.00441. The van der Waals surface area contributed by atoms with Gasteiger partial charge in [0.25, 0.3) is 0 Å². The Hall–Kier alpha value is -7.74. The molecule has 3 aromatic carbocycles. The van der Waals surface area contributed by atoms with Gasteiger partial charge in [0.05, 0.1) is 26.2 Å². The average molecular weight is 1050 g/mol. The Labute approximate surface area is 432 Å². The van der Waals surface area contributed by atoms with Gasteiger partial charge in [-0.2, -0.15) is 0 Å². The van der Waals surface area contributed by atoms with E-state index < -0.39 is 96.6 Å². The SMILES string of the molecule is O=C(O)CC[C@H](NC(=O)N[C@@H](CCCCNC(=O)[C@H](Cc1ccc2ccccc2c1)NC(=O)[C@H](Cc1ccccc1)NC(=O)CN1CCN(CC(=O)O)CCN(CC(=O)O)CCN(CC(=O)O)CC1)C(=O)O)C(=O)O. The molecule has 0 saturated carbocycles. The fourth-order valence-corrected chi connectivity index (χ4v) is 8.32. The number of carbonyl (C=O) groups is 10. The molecule has 0 aliphatic carbocycles. The Morgan fingerprint density at radius 3 is 1.41 bits per heavy atom. The van der Waals surface area contributed by atoms with Crippen LogP contribution in [0.25, 0.3) is 10.8 Å². The molecule has 3 aromatic rings. The number of hydrogen-bond donors (Lipinski definition) is 11. The molecule has 1 saturated heterocycles. The van der Waals surface area contributed by atoms with E-state index in [9.17, 15) is 73.5 Å². The topological polar surface area (TPSA) is 365 Å². The van der Waals surface area contributed by atoms with Crippen molar-refractivity contribution in [2.24, 2.45) is 0 Å². The van der Waals surface area contributed by atoms with E-state index in [-0.39, 0.29) is 117 Å². The second-order valence-electron chi connectivity index (χ2n) is 18.2. The first-order chi connectivity index (χ1) is 35.7. The Morgan fingerprint density at radius 1 is 0.440 bits per heavy atom. The van der Waals surface area contributed by atoms with Crippen molar-refractivity contribution >= 4 is 70.3 Å². The first kappa shape index (κ1) is 59.8. The molecule has 0 unspecified atom stereocenters. The molecule has 1 heterocycles. The van der Waals surface area contributed by atoms with Crippen molar-refractivity contribution in [2.75, 3.05) is 85.1 Å². The van der Waals surface area contributed by atoms with E-state index in [0.29, 0.717) is 11.1 Å². The summed E-state index contributed by atoms with van der Waals surface area (Å²) >= 11 is 0. The number of urea groups is 1. The molecular weight excluding hydrogens is 983 g/mol. The number of carbonyl (C=O) groups excluding carboxylic acids is 4. The molecule has 11 N–H and O–H groups in total. The molecule has 0 aromatic heterocycles. The van der Waals surface area contributed by atoms with Crippen LogP contribution >= 0.6 is 0 Å². The van der Waals surface area contributed by atoms with Crippen molar-refractivity contribution < 1.29 is 78.6 Å². The highest BCUT2D eigenvalue weighted by atomic mass is 16.4. The van der Waals surface area contributed by atoms with Gasteiger partial charge in [0.1, 0.15) is 24.2 Å². The smallest absolute Gasteiger partial charge is 0.326 e. The molecule has 25 nitrogen and oxygen atoms in total. The van der Waals surface area contributed by atoms with Crippen molar-refractivity contribution in [2.45, 2.75) is 69.1 Å². The predicted molar refractivity (Wildman–Crippen MR) is 269 cm³/mol. The molecule has 0 radical (unpaired) electrons. The van der Waals surface area contributed by atoms with Gasteiger partial charge in [0, 0.05) is 78.2 Å². The lowest BCUT2D eigenvalue weighted by Crippen LogP contribution is -2.56. The van der Waals surface area contributed by atoms with Gasteiger partial charge in [0.15, 0.2) is 0 Å². The molecule has 1 aliphatic heterocycles. The van der Waals surface area contributed by atoms with Crippen LogP contribution in [0.4, 0.5) is 4.79 Å². The van der Waals surface area contributed by atoms with Crippen molar-refractivity contribution in [3.63, 3.8) is 0 Å². The third kappa shape index (κ3) is 22.9. The third-order valence-corrected chi connectivity index (χ3v) is 12.3. The number of amides is 5. The van der Waals surface area contributed by atoms with E-state index in [4.69, 9.17) is 5.11 Å². The standard InChI is InChI=1S/C50H67N9O16/c60-41(29-56-18-20-57(30-43(63)64)22-24-59(32-45(67)68)25-23-58(21-19-56)31-44(65)66)52-40(27-33-8-2-1-3-9-33)47(70)53-39(28-34-13-14-35-10-4-5-11-36(35)26-34)46(69)51-17-7-6-12-37(48(71)72)54-50(75)55-38(49(73)74)15-16-42(61)62/h1-5,8-11,13-14,26,37-40H,6-7,12,15-25,27-32H2,(H,51,69)(H,52,60)(H,53,70)(H,61,62)(H,63,64)(H,65,66)(H,67,68)(H,71,72)(H,73,74)(H2,54,55,75)/t37-,38-,39-,40-/m0/s1. The molecule has 25 heteroatoms. The Balaban J connectivity index is 1.50. The lowest BCUT2D eigenvalue weighted by Gasteiger charge is -2.33. The van der Waals surface area contributed by atoms with Crippen LogP contribution in [0.2, 0.25) is 0 Å². The maximum atomic E-state index is 14.5. The number of aliphatic carboxylic acids is 6. The van der Waals surface area contributed by atoms with Gasteiger partial charge in [-0.15, -0.1) is 0 Å². The fourth-order valence-electron chi connectivity index (χ4n) is 8.32. The number of fused-ring (bicyclic) bond motifs is 1. The van der Waals surface area contributed by atoms with E-state index in [1.807, 2.05) is 42.5 Å². The highest BCUT2D eigenvalue weighted by Gasteiger charge is 2.30. The molecule has 4 atom stereocenters. The number of hydrogen-bond acceptors (Lipinski definition) is 14.